The van der Waals surface area contributed by atoms with Crippen molar-refractivity contribution in [3.63, 3.8) is 0 Å². The summed E-state index contributed by atoms with van der Waals surface area (Å²) in [5.74, 6) is -0.507. The topological polar surface area (TPSA) is 81.8 Å². The van der Waals surface area contributed by atoms with Crippen LogP contribution >= 0.6 is 11.8 Å². The third-order valence-electron chi connectivity index (χ3n) is 3.69. The Labute approximate surface area is 148 Å². The lowest BCUT2D eigenvalue weighted by atomic mass is 10.1. The number of cyclic esters (lactones) is 1. The SMILES string of the molecule is CSc1ccc(/C=C2/N=C(c3ccc(C)c([N+](=O)[O-])c3)OC2=O)cc1. The molecule has 0 saturated carbocycles. The van der Waals surface area contributed by atoms with Crippen molar-refractivity contribution in [1.29, 1.82) is 0 Å². The van der Waals surface area contributed by atoms with Gasteiger partial charge in [-0.05, 0) is 43.0 Å². The van der Waals surface area contributed by atoms with Gasteiger partial charge in [0.25, 0.3) is 5.69 Å². The van der Waals surface area contributed by atoms with Gasteiger partial charge in [-0.1, -0.05) is 18.2 Å². The Balaban J connectivity index is 1.93. The number of rotatable bonds is 4. The van der Waals surface area contributed by atoms with E-state index in [1.165, 1.54) is 6.07 Å². The number of thioether (sulfide) groups is 1. The summed E-state index contributed by atoms with van der Waals surface area (Å²) < 4.78 is 5.17. The van der Waals surface area contributed by atoms with E-state index in [9.17, 15) is 14.9 Å². The first-order chi connectivity index (χ1) is 12.0. The van der Waals surface area contributed by atoms with Gasteiger partial charge in [0.05, 0.1) is 4.92 Å². The first-order valence-corrected chi connectivity index (χ1v) is 8.62. The van der Waals surface area contributed by atoms with Gasteiger partial charge in [-0.2, -0.15) is 0 Å². The second kappa shape index (κ2) is 6.90. The van der Waals surface area contributed by atoms with Crippen molar-refractivity contribution in [2.24, 2.45) is 4.99 Å². The highest BCUT2D eigenvalue weighted by Gasteiger charge is 2.25. The molecule has 1 heterocycles. The molecule has 2 aromatic carbocycles. The number of hydrogen-bond donors (Lipinski definition) is 0. The van der Waals surface area contributed by atoms with E-state index in [4.69, 9.17) is 4.74 Å². The standard InChI is InChI=1S/C18H14N2O4S/c1-11-3-6-13(10-16(11)20(22)23)17-19-15(18(21)24-17)9-12-4-7-14(25-2)8-5-12/h3-10H,1-2H3/b15-9+. The van der Waals surface area contributed by atoms with E-state index in [2.05, 4.69) is 4.99 Å². The van der Waals surface area contributed by atoms with Gasteiger partial charge in [-0.15, -0.1) is 11.8 Å². The molecule has 25 heavy (non-hydrogen) atoms. The third kappa shape index (κ3) is 3.61. The van der Waals surface area contributed by atoms with E-state index >= 15 is 0 Å². The van der Waals surface area contributed by atoms with Crippen LogP contribution in [-0.2, 0) is 9.53 Å². The number of benzene rings is 2. The molecular formula is C18H14N2O4S. The van der Waals surface area contributed by atoms with E-state index in [1.54, 1.807) is 36.9 Å². The number of ether oxygens (including phenoxy) is 1. The molecule has 0 amide bonds. The van der Waals surface area contributed by atoms with Crippen molar-refractivity contribution in [3.05, 3.63) is 75.0 Å². The fourth-order valence-electron chi connectivity index (χ4n) is 2.33. The summed E-state index contributed by atoms with van der Waals surface area (Å²) in [4.78, 5) is 27.9. The van der Waals surface area contributed by atoms with Crippen LogP contribution in [0.1, 0.15) is 16.7 Å². The minimum Gasteiger partial charge on any atom is -0.402 e. The van der Waals surface area contributed by atoms with Crippen LogP contribution in [-0.4, -0.2) is 23.0 Å². The number of carbonyl (C=O) groups excluding carboxylic acids is 1. The molecule has 2 aromatic rings. The van der Waals surface area contributed by atoms with Crippen LogP contribution < -0.4 is 0 Å². The van der Waals surface area contributed by atoms with Crippen LogP contribution in [0.15, 0.2) is 58.0 Å². The molecule has 0 saturated heterocycles. The van der Waals surface area contributed by atoms with Crippen LogP contribution in [0.4, 0.5) is 5.69 Å². The van der Waals surface area contributed by atoms with Crippen LogP contribution in [0.2, 0.25) is 0 Å². The number of aliphatic imine (C=N–C) groups is 1. The van der Waals surface area contributed by atoms with Crippen molar-refractivity contribution in [2.75, 3.05) is 6.26 Å². The van der Waals surface area contributed by atoms with Crippen LogP contribution in [0.25, 0.3) is 6.08 Å². The highest BCUT2D eigenvalue weighted by atomic mass is 32.2. The zero-order valence-corrected chi connectivity index (χ0v) is 14.4. The van der Waals surface area contributed by atoms with E-state index in [-0.39, 0.29) is 17.3 Å². The molecule has 0 aromatic heterocycles. The van der Waals surface area contributed by atoms with Crippen molar-refractivity contribution in [1.82, 2.24) is 0 Å². The van der Waals surface area contributed by atoms with Gasteiger partial charge in [0.2, 0.25) is 5.90 Å². The number of nitrogens with zero attached hydrogens (tertiary/aromatic N) is 2. The first-order valence-electron chi connectivity index (χ1n) is 7.40. The number of hydrogen-bond acceptors (Lipinski definition) is 6. The van der Waals surface area contributed by atoms with Gasteiger partial charge in [-0.25, -0.2) is 9.79 Å². The lowest BCUT2D eigenvalue weighted by Crippen LogP contribution is -2.06. The van der Waals surface area contributed by atoms with Crippen LogP contribution in [0, 0.1) is 17.0 Å². The highest BCUT2D eigenvalue weighted by Crippen LogP contribution is 2.24. The Kier molecular flexibility index (Phi) is 4.67. The summed E-state index contributed by atoms with van der Waals surface area (Å²) in [5.41, 5.74) is 1.87. The average Bonchev–Trinajstić information content (AvgIpc) is 2.96. The largest absolute Gasteiger partial charge is 0.402 e. The maximum atomic E-state index is 12.0. The Hall–Kier alpha value is -2.93. The minimum atomic E-state index is -0.577. The van der Waals surface area contributed by atoms with Crippen molar-refractivity contribution in [2.45, 2.75) is 11.8 Å². The second-order valence-electron chi connectivity index (χ2n) is 5.37. The summed E-state index contributed by atoms with van der Waals surface area (Å²) in [7, 11) is 0. The molecule has 0 atom stereocenters. The van der Waals surface area contributed by atoms with Crippen molar-refractivity contribution in [3.8, 4) is 0 Å². The maximum absolute atomic E-state index is 12.0. The number of nitro benzene ring substituents is 1. The Morgan fingerprint density at radius 2 is 1.92 bits per heavy atom. The van der Waals surface area contributed by atoms with Gasteiger partial charge in [-0.3, -0.25) is 10.1 Å². The van der Waals surface area contributed by atoms with Gasteiger partial charge < -0.3 is 4.74 Å². The number of esters is 1. The predicted octanol–water partition coefficient (Wildman–Crippen LogP) is 3.97. The number of aryl methyl sites for hydroxylation is 1. The Morgan fingerprint density at radius 1 is 1.20 bits per heavy atom. The predicted molar refractivity (Wildman–Crippen MR) is 96.7 cm³/mol. The van der Waals surface area contributed by atoms with E-state index < -0.39 is 10.9 Å². The van der Waals surface area contributed by atoms with Gasteiger partial charge in [0.15, 0.2) is 5.70 Å². The summed E-state index contributed by atoms with van der Waals surface area (Å²) in [5, 5.41) is 11.1. The summed E-state index contributed by atoms with van der Waals surface area (Å²) in [6.07, 6.45) is 3.61. The normalized spacial score (nSPS) is 15.2. The summed E-state index contributed by atoms with van der Waals surface area (Å²) in [6, 6.07) is 12.3. The fraction of sp³-hybridized carbons (Fsp3) is 0.111. The minimum absolute atomic E-state index is 0.0404. The van der Waals surface area contributed by atoms with E-state index in [0.29, 0.717) is 11.1 Å². The average molecular weight is 354 g/mol. The lowest BCUT2D eigenvalue weighted by Gasteiger charge is -2.01. The zero-order valence-electron chi connectivity index (χ0n) is 13.6. The van der Waals surface area contributed by atoms with Crippen molar-refractivity contribution < 1.29 is 14.5 Å². The van der Waals surface area contributed by atoms with E-state index in [1.807, 2.05) is 30.5 Å². The Morgan fingerprint density at radius 3 is 2.56 bits per heavy atom. The molecule has 0 aliphatic carbocycles. The summed E-state index contributed by atoms with van der Waals surface area (Å²) >= 11 is 1.63. The van der Waals surface area contributed by atoms with Gasteiger partial charge in [0.1, 0.15) is 0 Å². The van der Waals surface area contributed by atoms with E-state index in [0.717, 1.165) is 10.5 Å². The molecule has 7 heteroatoms. The number of carbonyl (C=O) groups is 1. The first kappa shape index (κ1) is 16.9. The van der Waals surface area contributed by atoms with Crippen molar-refractivity contribution >= 4 is 35.4 Å². The molecule has 1 aliphatic heterocycles. The molecule has 0 radical (unpaired) electrons. The monoisotopic (exact) mass is 354 g/mol. The van der Waals surface area contributed by atoms with Gasteiger partial charge in [0, 0.05) is 22.1 Å². The molecule has 0 bridgehead atoms. The molecule has 3 rings (SSSR count). The molecule has 0 N–H and O–H groups in total. The molecule has 0 fully saturated rings. The lowest BCUT2D eigenvalue weighted by molar-refractivity contribution is -0.385. The zero-order chi connectivity index (χ0) is 18.0. The van der Waals surface area contributed by atoms with Crippen LogP contribution in [0.5, 0.6) is 0 Å². The molecule has 6 nitrogen and oxygen atoms in total. The molecule has 0 unspecified atom stereocenters. The maximum Gasteiger partial charge on any atom is 0.363 e. The Bertz CT molecular complexity index is 917. The second-order valence-corrected chi connectivity index (χ2v) is 6.25. The summed E-state index contributed by atoms with van der Waals surface area (Å²) in [6.45, 7) is 1.65. The fourth-order valence-corrected chi connectivity index (χ4v) is 2.74. The molecule has 126 valence electrons. The number of nitro groups is 1. The molecule has 0 spiro atoms. The van der Waals surface area contributed by atoms with Gasteiger partial charge >= 0.3 is 5.97 Å². The highest BCUT2D eigenvalue weighted by molar-refractivity contribution is 7.98. The third-order valence-corrected chi connectivity index (χ3v) is 4.44. The molecule has 1 aliphatic rings. The van der Waals surface area contributed by atoms with Crippen LogP contribution in [0.3, 0.4) is 0 Å². The quantitative estimate of drug-likeness (QED) is 0.273. The molecular weight excluding hydrogens is 340 g/mol. The smallest absolute Gasteiger partial charge is 0.363 e.